The molecule has 2 aromatic rings. The van der Waals surface area contributed by atoms with Gasteiger partial charge in [0.1, 0.15) is 4.88 Å². The summed E-state index contributed by atoms with van der Waals surface area (Å²) in [6.07, 6.45) is 5.32. The van der Waals surface area contributed by atoms with Crippen LogP contribution in [0.3, 0.4) is 0 Å². The highest BCUT2D eigenvalue weighted by molar-refractivity contribution is 7.16. The summed E-state index contributed by atoms with van der Waals surface area (Å²) in [5.41, 5.74) is 0. The van der Waals surface area contributed by atoms with Crippen LogP contribution >= 0.6 is 11.3 Å². The molecule has 2 N–H and O–H groups in total. The average molecular weight is 291 g/mol. The van der Waals surface area contributed by atoms with Gasteiger partial charge >= 0.3 is 0 Å². The first-order chi connectivity index (χ1) is 9.74. The number of hydrogen-bond donors (Lipinski definition) is 2. The van der Waals surface area contributed by atoms with Crippen molar-refractivity contribution in [2.75, 3.05) is 6.54 Å². The van der Waals surface area contributed by atoms with Crippen molar-refractivity contribution in [2.24, 2.45) is 0 Å². The van der Waals surface area contributed by atoms with Crippen LogP contribution in [-0.4, -0.2) is 29.5 Å². The van der Waals surface area contributed by atoms with Crippen LogP contribution < -0.4 is 10.6 Å². The number of hydrogen-bond acceptors (Lipinski definition) is 5. The normalized spacial score (nSPS) is 22.6. The molecule has 20 heavy (non-hydrogen) atoms. The molecule has 5 nitrogen and oxygen atoms in total. The zero-order valence-electron chi connectivity index (χ0n) is 11.3. The van der Waals surface area contributed by atoms with Gasteiger partial charge in [-0.05, 0) is 38.4 Å². The summed E-state index contributed by atoms with van der Waals surface area (Å²) >= 11 is 1.35. The second-order valence-corrected chi connectivity index (χ2v) is 6.00. The average Bonchev–Trinajstić information content (AvgIpc) is 3.11. The van der Waals surface area contributed by atoms with E-state index in [1.54, 1.807) is 12.5 Å². The second kappa shape index (κ2) is 5.76. The Kier molecular flexibility index (Phi) is 3.84. The molecule has 0 aromatic carbocycles. The van der Waals surface area contributed by atoms with Crippen LogP contribution in [0.2, 0.25) is 0 Å². The van der Waals surface area contributed by atoms with Gasteiger partial charge in [0.25, 0.3) is 5.91 Å². The van der Waals surface area contributed by atoms with Gasteiger partial charge in [-0.25, -0.2) is 4.98 Å². The van der Waals surface area contributed by atoms with Crippen molar-refractivity contribution in [3.05, 3.63) is 29.5 Å². The zero-order valence-corrected chi connectivity index (χ0v) is 12.1. The number of piperidine rings is 1. The van der Waals surface area contributed by atoms with Crippen LogP contribution in [0.4, 0.5) is 0 Å². The van der Waals surface area contributed by atoms with Crippen LogP contribution in [0.15, 0.2) is 29.0 Å². The molecule has 1 saturated heterocycles. The van der Waals surface area contributed by atoms with Gasteiger partial charge in [0.15, 0.2) is 10.8 Å². The lowest BCUT2D eigenvalue weighted by atomic mass is 10.00. The van der Waals surface area contributed by atoms with Crippen molar-refractivity contribution in [1.29, 1.82) is 0 Å². The van der Waals surface area contributed by atoms with E-state index in [1.165, 1.54) is 11.3 Å². The molecule has 1 aliphatic rings. The van der Waals surface area contributed by atoms with E-state index in [9.17, 15) is 4.79 Å². The highest BCUT2D eigenvalue weighted by atomic mass is 32.1. The van der Waals surface area contributed by atoms with Crippen LogP contribution in [-0.2, 0) is 0 Å². The molecule has 0 aliphatic carbocycles. The largest absolute Gasteiger partial charge is 0.462 e. The fourth-order valence-corrected chi connectivity index (χ4v) is 3.16. The van der Waals surface area contributed by atoms with Gasteiger partial charge in [-0.15, -0.1) is 11.3 Å². The molecule has 2 aromatic heterocycles. The van der Waals surface area contributed by atoms with E-state index in [4.69, 9.17) is 4.42 Å². The van der Waals surface area contributed by atoms with Crippen LogP contribution in [0.25, 0.3) is 10.8 Å². The smallest absolute Gasteiger partial charge is 0.263 e. The monoisotopic (exact) mass is 291 g/mol. The Morgan fingerprint density at radius 2 is 2.50 bits per heavy atom. The molecule has 0 bridgehead atoms. The first-order valence-electron chi connectivity index (χ1n) is 6.78. The molecule has 0 spiro atoms. The molecular formula is C14H17N3O2S. The van der Waals surface area contributed by atoms with Crippen molar-refractivity contribution < 1.29 is 9.21 Å². The van der Waals surface area contributed by atoms with Gasteiger partial charge < -0.3 is 15.1 Å². The summed E-state index contributed by atoms with van der Waals surface area (Å²) in [5, 5.41) is 7.19. The number of carbonyl (C=O) groups excluding carboxylic acids is 1. The predicted molar refractivity (Wildman–Crippen MR) is 77.8 cm³/mol. The van der Waals surface area contributed by atoms with E-state index < -0.39 is 0 Å². The van der Waals surface area contributed by atoms with E-state index in [2.05, 4.69) is 22.5 Å². The minimum atomic E-state index is -0.0548. The summed E-state index contributed by atoms with van der Waals surface area (Å²) in [6, 6.07) is 4.15. The highest BCUT2D eigenvalue weighted by Gasteiger charge is 2.23. The Morgan fingerprint density at radius 1 is 1.60 bits per heavy atom. The third-order valence-corrected chi connectivity index (χ3v) is 4.55. The van der Waals surface area contributed by atoms with Gasteiger partial charge in [0, 0.05) is 12.1 Å². The fraction of sp³-hybridized carbons (Fsp3) is 0.429. The molecular weight excluding hydrogens is 274 g/mol. The maximum atomic E-state index is 12.2. The Balaban J connectivity index is 1.68. The van der Waals surface area contributed by atoms with Gasteiger partial charge in [-0.3, -0.25) is 4.79 Å². The molecule has 106 valence electrons. The first kappa shape index (κ1) is 13.3. The van der Waals surface area contributed by atoms with Gasteiger partial charge in [-0.2, -0.15) is 0 Å². The Bertz CT molecular complexity index is 579. The summed E-state index contributed by atoms with van der Waals surface area (Å²) < 4.78 is 5.29. The predicted octanol–water partition coefficient (Wildman–Crippen LogP) is 2.27. The summed E-state index contributed by atoms with van der Waals surface area (Å²) in [7, 11) is 0. The maximum Gasteiger partial charge on any atom is 0.263 e. The lowest BCUT2D eigenvalue weighted by Crippen LogP contribution is -2.51. The molecule has 0 saturated carbocycles. The number of rotatable bonds is 3. The maximum absolute atomic E-state index is 12.2. The number of aromatic nitrogens is 1. The van der Waals surface area contributed by atoms with Crippen molar-refractivity contribution in [3.63, 3.8) is 0 Å². The summed E-state index contributed by atoms with van der Waals surface area (Å²) in [5.74, 6) is 0.641. The Hall–Kier alpha value is -1.66. The Morgan fingerprint density at radius 3 is 3.25 bits per heavy atom. The number of carbonyl (C=O) groups is 1. The van der Waals surface area contributed by atoms with Crippen molar-refractivity contribution in [1.82, 2.24) is 15.6 Å². The molecule has 6 heteroatoms. The molecule has 2 atom stereocenters. The van der Waals surface area contributed by atoms with E-state index in [0.717, 1.165) is 24.4 Å². The van der Waals surface area contributed by atoms with E-state index in [0.29, 0.717) is 16.7 Å². The summed E-state index contributed by atoms with van der Waals surface area (Å²) in [6.45, 7) is 3.13. The van der Waals surface area contributed by atoms with Crippen LogP contribution in [0.1, 0.15) is 29.4 Å². The van der Waals surface area contributed by atoms with Crippen molar-refractivity contribution >= 4 is 17.2 Å². The molecule has 1 amide bonds. The van der Waals surface area contributed by atoms with E-state index in [-0.39, 0.29) is 11.9 Å². The van der Waals surface area contributed by atoms with E-state index in [1.807, 2.05) is 12.1 Å². The number of nitrogens with zero attached hydrogens (tertiary/aromatic N) is 1. The lowest BCUT2D eigenvalue weighted by molar-refractivity contribution is 0.0924. The summed E-state index contributed by atoms with van der Waals surface area (Å²) in [4.78, 5) is 17.1. The SMILES string of the molecule is CC1NCCCC1NC(=O)c1cnc(-c2ccco2)s1. The molecule has 3 rings (SSSR count). The number of thiazole rings is 1. The van der Waals surface area contributed by atoms with Gasteiger partial charge in [0.2, 0.25) is 0 Å². The molecule has 1 fully saturated rings. The van der Waals surface area contributed by atoms with E-state index >= 15 is 0 Å². The first-order valence-corrected chi connectivity index (χ1v) is 7.59. The molecule has 3 heterocycles. The van der Waals surface area contributed by atoms with Crippen molar-refractivity contribution in [2.45, 2.75) is 31.8 Å². The molecule has 2 unspecified atom stereocenters. The molecule has 0 radical (unpaired) electrons. The molecule has 1 aliphatic heterocycles. The third kappa shape index (κ3) is 2.76. The number of furan rings is 1. The van der Waals surface area contributed by atoms with Gasteiger partial charge in [-0.1, -0.05) is 0 Å². The number of nitrogens with one attached hydrogen (secondary N) is 2. The quantitative estimate of drug-likeness (QED) is 0.910. The highest BCUT2D eigenvalue weighted by Crippen LogP contribution is 2.25. The minimum absolute atomic E-state index is 0.0548. The third-order valence-electron chi connectivity index (χ3n) is 3.54. The van der Waals surface area contributed by atoms with Crippen molar-refractivity contribution in [3.8, 4) is 10.8 Å². The minimum Gasteiger partial charge on any atom is -0.462 e. The fourth-order valence-electron chi connectivity index (χ4n) is 2.37. The van der Waals surface area contributed by atoms with Gasteiger partial charge in [0.05, 0.1) is 12.5 Å². The topological polar surface area (TPSA) is 67.2 Å². The second-order valence-electron chi connectivity index (χ2n) is 4.97. The number of amides is 1. The zero-order chi connectivity index (χ0) is 13.9. The van der Waals surface area contributed by atoms with Crippen LogP contribution in [0.5, 0.6) is 0 Å². The standard InChI is InChI=1S/C14H17N3O2S/c1-9-10(4-2-6-15-9)17-13(18)12-8-16-14(20-12)11-5-3-7-19-11/h3,5,7-10,15H,2,4,6H2,1H3,(H,17,18). The Labute approximate surface area is 121 Å². The lowest BCUT2D eigenvalue weighted by Gasteiger charge is -2.30. The van der Waals surface area contributed by atoms with Crippen LogP contribution in [0, 0.1) is 0 Å².